The van der Waals surface area contributed by atoms with Crippen LogP contribution >= 0.6 is 0 Å². The molecule has 0 amide bonds. The summed E-state index contributed by atoms with van der Waals surface area (Å²) < 4.78 is 0. The molecular formula is C18H19NO3. The van der Waals surface area contributed by atoms with Crippen LogP contribution in [0, 0.1) is 34.5 Å². The molecule has 4 nitrogen and oxygen atoms in total. The molecule has 0 spiro atoms. The molecule has 1 fully saturated rings. The number of rotatable bonds is 3. The highest BCUT2D eigenvalue weighted by molar-refractivity contribution is 5.90. The Kier molecular flexibility index (Phi) is 4.26. The Morgan fingerprint density at radius 3 is 2.45 bits per heavy atom. The maximum Gasteiger partial charge on any atom is 0.336 e. The number of aromatic carboxylic acids is 1. The van der Waals surface area contributed by atoms with Gasteiger partial charge in [0.1, 0.15) is 5.60 Å². The molecular weight excluding hydrogens is 278 g/mol. The molecule has 1 aromatic rings. The van der Waals surface area contributed by atoms with Crippen LogP contribution in [-0.2, 0) is 0 Å². The van der Waals surface area contributed by atoms with Crippen LogP contribution in [0.1, 0.15) is 49.0 Å². The van der Waals surface area contributed by atoms with Gasteiger partial charge >= 0.3 is 5.97 Å². The van der Waals surface area contributed by atoms with Crippen molar-refractivity contribution >= 4 is 5.97 Å². The maximum atomic E-state index is 11.2. The number of carboxylic acid groups (broad SMARTS) is 1. The van der Waals surface area contributed by atoms with Crippen LogP contribution in [0.3, 0.4) is 0 Å². The van der Waals surface area contributed by atoms with E-state index in [-0.39, 0.29) is 11.5 Å². The molecule has 0 aliphatic heterocycles. The van der Waals surface area contributed by atoms with Crippen molar-refractivity contribution < 1.29 is 15.0 Å². The van der Waals surface area contributed by atoms with E-state index in [1.165, 1.54) is 6.07 Å². The van der Waals surface area contributed by atoms with Gasteiger partial charge < -0.3 is 10.2 Å². The summed E-state index contributed by atoms with van der Waals surface area (Å²) in [6, 6.07) is 8.66. The van der Waals surface area contributed by atoms with E-state index in [0.717, 1.165) is 6.42 Å². The van der Waals surface area contributed by atoms with Crippen molar-refractivity contribution in [2.24, 2.45) is 11.3 Å². The van der Waals surface area contributed by atoms with Gasteiger partial charge in [-0.3, -0.25) is 0 Å². The molecule has 22 heavy (non-hydrogen) atoms. The monoisotopic (exact) mass is 297 g/mol. The molecule has 1 aromatic carbocycles. The molecule has 2 rings (SSSR count). The Balaban J connectivity index is 2.48. The minimum absolute atomic E-state index is 0.0979. The van der Waals surface area contributed by atoms with Gasteiger partial charge in [-0.05, 0) is 37.3 Å². The Morgan fingerprint density at radius 1 is 1.36 bits per heavy atom. The highest BCUT2D eigenvalue weighted by atomic mass is 16.4. The maximum absolute atomic E-state index is 11.2. The minimum Gasteiger partial charge on any atom is -0.478 e. The van der Waals surface area contributed by atoms with E-state index in [2.05, 4.69) is 17.9 Å². The van der Waals surface area contributed by atoms with Crippen molar-refractivity contribution in [1.29, 1.82) is 5.26 Å². The highest BCUT2D eigenvalue weighted by Gasteiger charge is 2.55. The zero-order valence-corrected chi connectivity index (χ0v) is 12.8. The molecule has 1 saturated carbocycles. The van der Waals surface area contributed by atoms with E-state index in [9.17, 15) is 20.3 Å². The van der Waals surface area contributed by atoms with Gasteiger partial charge in [-0.2, -0.15) is 5.26 Å². The number of nitrogens with zero attached hydrogens (tertiary/aromatic N) is 1. The van der Waals surface area contributed by atoms with E-state index in [1.807, 2.05) is 13.8 Å². The summed E-state index contributed by atoms with van der Waals surface area (Å²) in [6.45, 7) is 3.66. The van der Waals surface area contributed by atoms with Gasteiger partial charge in [0.15, 0.2) is 0 Å². The predicted molar refractivity (Wildman–Crippen MR) is 82.0 cm³/mol. The van der Waals surface area contributed by atoms with Gasteiger partial charge in [-0.1, -0.05) is 37.8 Å². The number of nitriles is 1. The summed E-state index contributed by atoms with van der Waals surface area (Å²) in [5, 5.41) is 29.7. The fourth-order valence-corrected chi connectivity index (χ4v) is 2.87. The van der Waals surface area contributed by atoms with E-state index in [4.69, 9.17) is 0 Å². The molecule has 1 aliphatic rings. The molecule has 2 N–H and O–H groups in total. The summed E-state index contributed by atoms with van der Waals surface area (Å²) in [5.74, 6) is 4.33. The third-order valence-electron chi connectivity index (χ3n) is 4.53. The normalized spacial score (nSPS) is 18.3. The second-order valence-corrected chi connectivity index (χ2v) is 6.07. The van der Waals surface area contributed by atoms with Gasteiger partial charge in [0.25, 0.3) is 0 Å². The summed E-state index contributed by atoms with van der Waals surface area (Å²) in [5.41, 5.74) is -1.85. The molecule has 0 aromatic heterocycles. The van der Waals surface area contributed by atoms with Gasteiger partial charge in [0.2, 0.25) is 0 Å². The molecule has 1 aliphatic carbocycles. The van der Waals surface area contributed by atoms with Crippen molar-refractivity contribution in [1.82, 2.24) is 0 Å². The highest BCUT2D eigenvalue weighted by Crippen LogP contribution is 2.51. The topological polar surface area (TPSA) is 81.3 Å². The first-order chi connectivity index (χ1) is 10.4. The first-order valence-electron chi connectivity index (χ1n) is 7.35. The zero-order chi connectivity index (χ0) is 16.4. The smallest absolute Gasteiger partial charge is 0.336 e. The number of hydrogen-bond donors (Lipinski definition) is 2. The lowest BCUT2D eigenvalue weighted by Crippen LogP contribution is -2.54. The molecule has 1 atom stereocenters. The van der Waals surface area contributed by atoms with Crippen LogP contribution in [0.5, 0.6) is 0 Å². The molecule has 0 unspecified atom stereocenters. The van der Waals surface area contributed by atoms with E-state index >= 15 is 0 Å². The number of carbonyl (C=O) groups is 1. The Bertz CT molecular complexity index is 686. The molecule has 4 heteroatoms. The fraction of sp³-hybridized carbons (Fsp3) is 0.444. The van der Waals surface area contributed by atoms with Crippen molar-refractivity contribution in [3.05, 3.63) is 35.4 Å². The minimum atomic E-state index is -1.44. The van der Waals surface area contributed by atoms with Gasteiger partial charge in [-0.15, -0.1) is 0 Å². The van der Waals surface area contributed by atoms with Crippen LogP contribution in [0.4, 0.5) is 0 Å². The standard InChI is InChI=1S/C18H19NO3/c1-13(2)18(22,17(12-19)9-5-10-17)11-8-14-6-3-4-7-15(14)16(20)21/h3-4,6-7,13,22H,5,9-10H2,1-2H3,(H,20,21)/t18-/m1/s1. The number of aliphatic hydroxyl groups is 1. The van der Waals surface area contributed by atoms with Crippen LogP contribution in [0.25, 0.3) is 0 Å². The second kappa shape index (κ2) is 5.83. The van der Waals surface area contributed by atoms with Crippen molar-refractivity contribution in [2.45, 2.75) is 38.7 Å². The third-order valence-corrected chi connectivity index (χ3v) is 4.53. The van der Waals surface area contributed by atoms with E-state index < -0.39 is 17.0 Å². The first-order valence-corrected chi connectivity index (χ1v) is 7.35. The zero-order valence-electron chi connectivity index (χ0n) is 12.8. The average molecular weight is 297 g/mol. The SMILES string of the molecule is CC(C)[C@](O)(C#Cc1ccccc1C(=O)O)C1(C#N)CCC1. The number of carboxylic acids is 1. The van der Waals surface area contributed by atoms with E-state index in [1.54, 1.807) is 18.2 Å². The molecule has 114 valence electrons. The quantitative estimate of drug-likeness (QED) is 0.841. The Hall–Kier alpha value is -2.30. The third kappa shape index (κ3) is 2.47. The molecule has 0 radical (unpaired) electrons. The lowest BCUT2D eigenvalue weighted by molar-refractivity contribution is -0.0796. The summed E-state index contributed by atoms with van der Waals surface area (Å²) in [6.07, 6.45) is 2.14. The van der Waals surface area contributed by atoms with Crippen molar-refractivity contribution in [3.8, 4) is 17.9 Å². The lowest BCUT2D eigenvalue weighted by atomic mass is 9.56. The Morgan fingerprint density at radius 2 is 2.00 bits per heavy atom. The van der Waals surface area contributed by atoms with Crippen molar-refractivity contribution in [2.75, 3.05) is 0 Å². The first kappa shape index (κ1) is 16.1. The summed E-state index contributed by atoms with van der Waals surface area (Å²) in [7, 11) is 0. The van der Waals surface area contributed by atoms with E-state index in [0.29, 0.717) is 18.4 Å². The van der Waals surface area contributed by atoms with Gasteiger partial charge in [-0.25, -0.2) is 4.79 Å². The predicted octanol–water partition coefficient (Wildman–Crippen LogP) is 2.82. The van der Waals surface area contributed by atoms with Crippen LogP contribution in [-0.4, -0.2) is 21.8 Å². The Labute approximate surface area is 130 Å². The summed E-state index contributed by atoms with van der Waals surface area (Å²) >= 11 is 0. The largest absolute Gasteiger partial charge is 0.478 e. The van der Waals surface area contributed by atoms with Gasteiger partial charge in [0.05, 0.1) is 17.0 Å². The molecule has 0 heterocycles. The number of benzene rings is 1. The lowest BCUT2D eigenvalue weighted by Gasteiger charge is -2.47. The second-order valence-electron chi connectivity index (χ2n) is 6.07. The number of hydrogen-bond acceptors (Lipinski definition) is 3. The van der Waals surface area contributed by atoms with Crippen LogP contribution in [0.2, 0.25) is 0 Å². The van der Waals surface area contributed by atoms with Crippen LogP contribution in [0.15, 0.2) is 24.3 Å². The fourth-order valence-electron chi connectivity index (χ4n) is 2.87. The van der Waals surface area contributed by atoms with Gasteiger partial charge in [0, 0.05) is 5.56 Å². The molecule has 0 bridgehead atoms. The molecule has 0 saturated heterocycles. The van der Waals surface area contributed by atoms with Crippen LogP contribution < -0.4 is 0 Å². The average Bonchev–Trinajstić information content (AvgIpc) is 2.44. The summed E-state index contributed by atoms with van der Waals surface area (Å²) in [4.78, 5) is 11.2. The van der Waals surface area contributed by atoms with Crippen molar-refractivity contribution in [3.63, 3.8) is 0 Å².